The second kappa shape index (κ2) is 8.12. The monoisotopic (exact) mass is 441 g/mol. The molecule has 0 saturated carbocycles. The van der Waals surface area contributed by atoms with E-state index in [1.54, 1.807) is 12.1 Å². The number of benzene rings is 2. The molecule has 0 aliphatic rings. The molecule has 0 aromatic heterocycles. The van der Waals surface area contributed by atoms with Gasteiger partial charge in [-0.1, -0.05) is 30.3 Å². The molecule has 0 radical (unpaired) electrons. The van der Waals surface area contributed by atoms with Gasteiger partial charge in [0.25, 0.3) is 0 Å². The van der Waals surface area contributed by atoms with E-state index < -0.39 is 12.1 Å². The van der Waals surface area contributed by atoms with Gasteiger partial charge in [0.05, 0.1) is 18.4 Å². The van der Waals surface area contributed by atoms with E-state index in [4.69, 9.17) is 4.74 Å². The predicted octanol–water partition coefficient (Wildman–Crippen LogP) is 4.75. The first-order valence-corrected chi connectivity index (χ1v) is 8.15. The number of carbonyl (C=O) groups excluding carboxylic acids is 2. The third-order valence-electron chi connectivity index (χ3n) is 2.90. The number of ether oxygens (including phenoxy) is 2. The molecule has 1 amide bonds. The van der Waals surface area contributed by atoms with Crippen LogP contribution in [0.1, 0.15) is 15.9 Å². The molecule has 2 rings (SSSR count). The van der Waals surface area contributed by atoms with Crippen LogP contribution < -0.4 is 5.32 Å². The predicted molar refractivity (Wildman–Crippen MR) is 93.4 cm³/mol. The Bertz CT molecular complexity index is 696. The molecule has 5 nitrogen and oxygen atoms in total. The number of rotatable bonds is 4. The number of nitrogens with one attached hydrogen (secondary N) is 1. The summed E-state index contributed by atoms with van der Waals surface area (Å²) < 4.78 is 10.9. The molecule has 0 unspecified atom stereocenters. The molecule has 1 N–H and O–H groups in total. The second-order valence-electron chi connectivity index (χ2n) is 4.49. The molecule has 0 atom stereocenters. The maximum atomic E-state index is 11.9. The highest BCUT2D eigenvalue weighted by atomic mass is 79.9. The molecule has 0 spiro atoms. The summed E-state index contributed by atoms with van der Waals surface area (Å²) in [6, 6.07) is 12.5. The van der Waals surface area contributed by atoms with Gasteiger partial charge in [-0.3, -0.25) is 5.32 Å². The molecule has 0 aliphatic carbocycles. The first-order valence-electron chi connectivity index (χ1n) is 6.56. The number of anilines is 1. The van der Waals surface area contributed by atoms with Crippen LogP contribution in [0.5, 0.6) is 0 Å². The van der Waals surface area contributed by atoms with Gasteiger partial charge in [-0.2, -0.15) is 0 Å². The van der Waals surface area contributed by atoms with E-state index >= 15 is 0 Å². The minimum absolute atomic E-state index is 0.169. The van der Waals surface area contributed by atoms with Gasteiger partial charge >= 0.3 is 12.1 Å². The average molecular weight is 443 g/mol. The standard InChI is InChI=1S/C16H13Br2NO4/c1-22-15(20)11-7-12(17)14(13(18)8-11)19-16(21)23-9-10-5-3-2-4-6-10/h2-8H,9H2,1H3,(H,19,21). The van der Waals surface area contributed by atoms with Crippen LogP contribution in [0.25, 0.3) is 0 Å². The third kappa shape index (κ3) is 4.80. The number of methoxy groups -OCH3 is 1. The minimum Gasteiger partial charge on any atom is -0.465 e. The molecular weight excluding hydrogens is 430 g/mol. The van der Waals surface area contributed by atoms with E-state index in [9.17, 15) is 9.59 Å². The number of hydrogen-bond donors (Lipinski definition) is 1. The highest BCUT2D eigenvalue weighted by Crippen LogP contribution is 2.33. The zero-order valence-corrected chi connectivity index (χ0v) is 15.3. The van der Waals surface area contributed by atoms with Crippen molar-refractivity contribution in [3.05, 3.63) is 62.5 Å². The van der Waals surface area contributed by atoms with E-state index in [1.165, 1.54) is 7.11 Å². The van der Waals surface area contributed by atoms with Gasteiger partial charge < -0.3 is 9.47 Å². The van der Waals surface area contributed by atoms with E-state index in [0.717, 1.165) is 5.56 Å². The normalized spacial score (nSPS) is 10.0. The average Bonchev–Trinajstić information content (AvgIpc) is 2.56. The van der Waals surface area contributed by atoms with Crippen LogP contribution in [-0.4, -0.2) is 19.2 Å². The largest absolute Gasteiger partial charge is 0.465 e. The molecule has 0 saturated heterocycles. The number of hydrogen-bond acceptors (Lipinski definition) is 4. The van der Waals surface area contributed by atoms with Crippen LogP contribution in [-0.2, 0) is 16.1 Å². The lowest BCUT2D eigenvalue weighted by molar-refractivity contribution is 0.0600. The summed E-state index contributed by atoms with van der Waals surface area (Å²) in [7, 11) is 1.30. The first kappa shape index (κ1) is 17.5. The van der Waals surface area contributed by atoms with Gasteiger partial charge in [-0.25, -0.2) is 9.59 Å². The number of carbonyl (C=O) groups is 2. The Hall–Kier alpha value is -1.86. The molecular formula is C16H13Br2NO4. The Kier molecular flexibility index (Phi) is 6.18. The van der Waals surface area contributed by atoms with Crippen molar-refractivity contribution in [2.24, 2.45) is 0 Å². The number of esters is 1. The fourth-order valence-corrected chi connectivity index (χ4v) is 3.17. The molecule has 0 heterocycles. The Labute approximate surface area is 150 Å². The molecule has 7 heteroatoms. The molecule has 0 aliphatic heterocycles. The van der Waals surface area contributed by atoms with Crippen LogP contribution in [0.15, 0.2) is 51.4 Å². The van der Waals surface area contributed by atoms with Crippen molar-refractivity contribution < 1.29 is 19.1 Å². The zero-order chi connectivity index (χ0) is 16.8. The number of amides is 1. The maximum Gasteiger partial charge on any atom is 0.412 e. The first-order chi connectivity index (χ1) is 11.0. The van der Waals surface area contributed by atoms with E-state index in [-0.39, 0.29) is 6.61 Å². The van der Waals surface area contributed by atoms with Crippen LogP contribution in [0.4, 0.5) is 10.5 Å². The van der Waals surface area contributed by atoms with Crippen molar-refractivity contribution in [3.8, 4) is 0 Å². The Morgan fingerprint density at radius 2 is 1.70 bits per heavy atom. The third-order valence-corrected chi connectivity index (χ3v) is 4.15. The summed E-state index contributed by atoms with van der Waals surface area (Å²) in [5, 5.41) is 2.63. The number of halogens is 2. The maximum absolute atomic E-state index is 11.9. The zero-order valence-electron chi connectivity index (χ0n) is 12.1. The van der Waals surface area contributed by atoms with Crippen molar-refractivity contribution in [2.45, 2.75) is 6.61 Å². The Balaban J connectivity index is 2.04. The van der Waals surface area contributed by atoms with Gasteiger partial charge in [-0.05, 0) is 49.6 Å². The molecule has 0 fully saturated rings. The second-order valence-corrected chi connectivity index (χ2v) is 6.20. The van der Waals surface area contributed by atoms with Gasteiger partial charge in [-0.15, -0.1) is 0 Å². The molecule has 2 aromatic carbocycles. The Morgan fingerprint density at radius 1 is 1.09 bits per heavy atom. The van der Waals surface area contributed by atoms with Gasteiger partial charge in [0.1, 0.15) is 6.61 Å². The smallest absolute Gasteiger partial charge is 0.412 e. The van der Waals surface area contributed by atoms with Crippen molar-refractivity contribution in [3.63, 3.8) is 0 Å². The van der Waals surface area contributed by atoms with E-state index in [0.29, 0.717) is 20.2 Å². The van der Waals surface area contributed by atoms with Crippen molar-refractivity contribution in [1.29, 1.82) is 0 Å². The quantitative estimate of drug-likeness (QED) is 0.694. The van der Waals surface area contributed by atoms with Crippen LogP contribution in [0.3, 0.4) is 0 Å². The molecule has 2 aromatic rings. The van der Waals surface area contributed by atoms with Crippen LogP contribution >= 0.6 is 31.9 Å². The lowest BCUT2D eigenvalue weighted by atomic mass is 10.2. The summed E-state index contributed by atoms with van der Waals surface area (Å²) in [4.78, 5) is 23.4. The highest BCUT2D eigenvalue weighted by molar-refractivity contribution is 9.11. The SMILES string of the molecule is COC(=O)c1cc(Br)c(NC(=O)OCc2ccccc2)c(Br)c1. The lowest BCUT2D eigenvalue weighted by Gasteiger charge is -2.12. The summed E-state index contributed by atoms with van der Waals surface area (Å²) in [5.41, 5.74) is 1.71. The van der Waals surface area contributed by atoms with Gasteiger partial charge in [0.15, 0.2) is 0 Å². The molecule has 0 bridgehead atoms. The fourth-order valence-electron chi connectivity index (χ4n) is 1.79. The van der Waals surface area contributed by atoms with Crippen LogP contribution in [0.2, 0.25) is 0 Å². The molecule has 120 valence electrons. The summed E-state index contributed by atoms with van der Waals surface area (Å²) in [5.74, 6) is -0.468. The van der Waals surface area contributed by atoms with E-state index in [1.807, 2.05) is 30.3 Å². The summed E-state index contributed by atoms with van der Waals surface area (Å²) in [6.07, 6.45) is -0.596. The van der Waals surface area contributed by atoms with Crippen molar-refractivity contribution in [2.75, 3.05) is 12.4 Å². The van der Waals surface area contributed by atoms with Gasteiger partial charge in [0.2, 0.25) is 0 Å². The Morgan fingerprint density at radius 3 is 2.26 bits per heavy atom. The summed E-state index contributed by atoms with van der Waals surface area (Å²) >= 11 is 6.62. The topological polar surface area (TPSA) is 64.6 Å². The van der Waals surface area contributed by atoms with E-state index in [2.05, 4.69) is 41.9 Å². The van der Waals surface area contributed by atoms with Crippen LogP contribution in [0, 0.1) is 0 Å². The minimum atomic E-state index is -0.596. The van der Waals surface area contributed by atoms with Crippen molar-refractivity contribution >= 4 is 49.6 Å². The van der Waals surface area contributed by atoms with Crippen molar-refractivity contribution in [1.82, 2.24) is 0 Å². The highest BCUT2D eigenvalue weighted by Gasteiger charge is 2.15. The fraction of sp³-hybridized carbons (Fsp3) is 0.125. The summed E-state index contributed by atoms with van der Waals surface area (Å²) in [6.45, 7) is 0.169. The van der Waals surface area contributed by atoms with Gasteiger partial charge in [0, 0.05) is 8.95 Å². The molecule has 23 heavy (non-hydrogen) atoms. The lowest BCUT2D eigenvalue weighted by Crippen LogP contribution is -2.14.